The van der Waals surface area contributed by atoms with Gasteiger partial charge in [-0.1, -0.05) is 0 Å². The Bertz CT molecular complexity index is 162. The molecule has 0 saturated carbocycles. The predicted octanol–water partition coefficient (Wildman–Crippen LogP) is -0.528. The van der Waals surface area contributed by atoms with E-state index in [1.165, 1.54) is 14.2 Å². The Morgan fingerprint density at radius 2 is 1.83 bits per heavy atom. The summed E-state index contributed by atoms with van der Waals surface area (Å²) >= 11 is 0. The van der Waals surface area contributed by atoms with Crippen LogP contribution in [0.25, 0.3) is 0 Å². The summed E-state index contributed by atoms with van der Waals surface area (Å²) in [4.78, 5) is 21.1. The Hall–Kier alpha value is -0.810. The third-order valence-electron chi connectivity index (χ3n) is 1.12. The molecule has 0 fully saturated rings. The molecule has 12 heavy (non-hydrogen) atoms. The normalized spacial score (nSPS) is 10.9. The average Bonchev–Trinajstić information content (AvgIpc) is 2.02. The zero-order valence-corrected chi connectivity index (χ0v) is 7.72. The first-order valence-corrected chi connectivity index (χ1v) is 3.02. The summed E-state index contributed by atoms with van der Waals surface area (Å²) in [7, 11) is 2.44. The Morgan fingerprint density at radius 3 is 2.17 bits per heavy atom. The monoisotopic (exact) mass is 197 g/mol. The lowest BCUT2D eigenvalue weighted by Crippen LogP contribution is -2.34. The van der Waals surface area contributed by atoms with Crippen molar-refractivity contribution in [3.05, 3.63) is 0 Å². The second-order valence-electron chi connectivity index (χ2n) is 1.91. The van der Waals surface area contributed by atoms with Crippen molar-refractivity contribution >= 4 is 24.3 Å². The highest BCUT2D eigenvalue weighted by Crippen LogP contribution is 1.92. The van der Waals surface area contributed by atoms with Crippen molar-refractivity contribution < 1.29 is 19.1 Å². The molecule has 0 aliphatic carbocycles. The SMILES string of the molecule is COC(=O)C[C@H](N)C(=O)OC.Cl. The lowest BCUT2D eigenvalue weighted by Gasteiger charge is -2.06. The standard InChI is InChI=1S/C6H11NO4.ClH/c1-10-5(8)3-4(7)6(9)11-2;/h4H,3,7H2,1-2H3;1H/t4-;/m0./s1. The summed E-state index contributed by atoms with van der Waals surface area (Å²) in [6.07, 6.45) is -0.150. The molecule has 0 spiro atoms. The third-order valence-corrected chi connectivity index (χ3v) is 1.12. The second kappa shape index (κ2) is 6.87. The van der Waals surface area contributed by atoms with Gasteiger partial charge in [0.1, 0.15) is 6.04 Å². The van der Waals surface area contributed by atoms with E-state index in [1.54, 1.807) is 0 Å². The molecular weight excluding hydrogens is 186 g/mol. The van der Waals surface area contributed by atoms with Gasteiger partial charge in [0.15, 0.2) is 0 Å². The highest BCUT2D eigenvalue weighted by molar-refractivity contribution is 5.85. The Morgan fingerprint density at radius 1 is 1.33 bits per heavy atom. The van der Waals surface area contributed by atoms with Crippen molar-refractivity contribution in [2.24, 2.45) is 5.73 Å². The highest BCUT2D eigenvalue weighted by atomic mass is 35.5. The fourth-order valence-electron chi connectivity index (χ4n) is 0.498. The Balaban J connectivity index is 0. The quantitative estimate of drug-likeness (QED) is 0.616. The molecule has 0 aromatic rings. The third kappa shape index (κ3) is 4.92. The van der Waals surface area contributed by atoms with Crippen molar-refractivity contribution in [3.63, 3.8) is 0 Å². The maximum absolute atomic E-state index is 10.6. The molecule has 0 amide bonds. The molecule has 0 aromatic heterocycles. The number of ether oxygens (including phenoxy) is 2. The summed E-state index contributed by atoms with van der Waals surface area (Å²) in [6.45, 7) is 0. The van der Waals surface area contributed by atoms with Gasteiger partial charge in [0.2, 0.25) is 0 Å². The molecule has 0 aromatic carbocycles. The van der Waals surface area contributed by atoms with Crippen LogP contribution in [0.2, 0.25) is 0 Å². The molecule has 72 valence electrons. The minimum atomic E-state index is -0.924. The number of nitrogens with two attached hydrogens (primary N) is 1. The number of carbonyl (C=O) groups excluding carboxylic acids is 2. The van der Waals surface area contributed by atoms with Crippen LogP contribution in [0.3, 0.4) is 0 Å². The molecule has 5 nitrogen and oxygen atoms in total. The lowest BCUT2D eigenvalue weighted by atomic mass is 10.2. The summed E-state index contributed by atoms with van der Waals surface area (Å²) in [5.74, 6) is -1.14. The number of hydrogen-bond acceptors (Lipinski definition) is 5. The van der Waals surface area contributed by atoms with Crippen LogP contribution in [0.4, 0.5) is 0 Å². The number of halogens is 1. The molecule has 0 saturated heterocycles. The summed E-state index contributed by atoms with van der Waals surface area (Å²) in [5.41, 5.74) is 5.23. The first-order valence-electron chi connectivity index (χ1n) is 3.02. The van der Waals surface area contributed by atoms with Crippen LogP contribution >= 0.6 is 12.4 Å². The molecule has 0 aliphatic rings. The van der Waals surface area contributed by atoms with Gasteiger partial charge in [-0.2, -0.15) is 0 Å². The van der Waals surface area contributed by atoms with Crippen molar-refractivity contribution in [2.75, 3.05) is 14.2 Å². The van der Waals surface area contributed by atoms with E-state index >= 15 is 0 Å². The number of rotatable bonds is 3. The van der Waals surface area contributed by atoms with Gasteiger partial charge in [0.25, 0.3) is 0 Å². The number of carbonyl (C=O) groups is 2. The van der Waals surface area contributed by atoms with E-state index in [2.05, 4.69) is 9.47 Å². The van der Waals surface area contributed by atoms with Gasteiger partial charge in [0, 0.05) is 0 Å². The van der Waals surface area contributed by atoms with Gasteiger partial charge in [-0.15, -0.1) is 12.4 Å². The molecule has 6 heteroatoms. The molecule has 0 rings (SSSR count). The molecular formula is C6H12ClNO4. The number of hydrogen-bond donors (Lipinski definition) is 1. The van der Waals surface area contributed by atoms with Crippen LogP contribution in [0.5, 0.6) is 0 Å². The van der Waals surface area contributed by atoms with Crippen molar-refractivity contribution in [1.29, 1.82) is 0 Å². The lowest BCUT2D eigenvalue weighted by molar-refractivity contribution is -0.148. The fourth-order valence-corrected chi connectivity index (χ4v) is 0.498. The summed E-state index contributed by atoms with van der Waals surface area (Å²) in [5, 5.41) is 0. The molecule has 1 atom stereocenters. The molecule has 0 unspecified atom stereocenters. The van der Waals surface area contributed by atoms with Crippen molar-refractivity contribution in [1.82, 2.24) is 0 Å². The maximum atomic E-state index is 10.6. The molecule has 0 radical (unpaired) electrons. The van der Waals surface area contributed by atoms with Gasteiger partial charge in [0.05, 0.1) is 20.6 Å². The van der Waals surface area contributed by atoms with Crippen LogP contribution in [0.15, 0.2) is 0 Å². The first-order chi connectivity index (χ1) is 5.11. The predicted molar refractivity (Wildman–Crippen MR) is 43.9 cm³/mol. The van der Waals surface area contributed by atoms with E-state index in [4.69, 9.17) is 5.73 Å². The second-order valence-corrected chi connectivity index (χ2v) is 1.91. The van der Waals surface area contributed by atoms with Gasteiger partial charge in [-0.3, -0.25) is 9.59 Å². The first kappa shape index (κ1) is 13.8. The van der Waals surface area contributed by atoms with Gasteiger partial charge >= 0.3 is 11.9 Å². The molecule has 0 aliphatic heterocycles. The van der Waals surface area contributed by atoms with Crippen LogP contribution in [0, 0.1) is 0 Å². The molecule has 2 N–H and O–H groups in total. The van der Waals surface area contributed by atoms with Crippen LogP contribution in [0.1, 0.15) is 6.42 Å². The van der Waals surface area contributed by atoms with Crippen molar-refractivity contribution in [3.8, 4) is 0 Å². The smallest absolute Gasteiger partial charge is 0.323 e. The Labute approximate surface area is 76.6 Å². The van der Waals surface area contributed by atoms with Crippen LogP contribution < -0.4 is 5.73 Å². The van der Waals surface area contributed by atoms with E-state index in [0.29, 0.717) is 0 Å². The van der Waals surface area contributed by atoms with E-state index in [0.717, 1.165) is 0 Å². The number of esters is 2. The van der Waals surface area contributed by atoms with Gasteiger partial charge in [-0.25, -0.2) is 0 Å². The topological polar surface area (TPSA) is 78.6 Å². The van der Waals surface area contributed by atoms with Gasteiger partial charge < -0.3 is 15.2 Å². The summed E-state index contributed by atoms with van der Waals surface area (Å²) < 4.78 is 8.57. The largest absolute Gasteiger partial charge is 0.469 e. The number of methoxy groups -OCH3 is 2. The minimum Gasteiger partial charge on any atom is -0.469 e. The zero-order chi connectivity index (χ0) is 8.85. The molecule has 0 heterocycles. The average molecular weight is 198 g/mol. The van der Waals surface area contributed by atoms with Crippen LogP contribution in [-0.4, -0.2) is 32.2 Å². The van der Waals surface area contributed by atoms with Crippen LogP contribution in [-0.2, 0) is 19.1 Å². The maximum Gasteiger partial charge on any atom is 0.323 e. The zero-order valence-electron chi connectivity index (χ0n) is 6.90. The van der Waals surface area contributed by atoms with Gasteiger partial charge in [-0.05, 0) is 0 Å². The van der Waals surface area contributed by atoms with E-state index in [9.17, 15) is 9.59 Å². The van der Waals surface area contributed by atoms with E-state index in [1.807, 2.05) is 0 Å². The van der Waals surface area contributed by atoms with Crippen molar-refractivity contribution in [2.45, 2.75) is 12.5 Å². The minimum absolute atomic E-state index is 0. The highest BCUT2D eigenvalue weighted by Gasteiger charge is 2.17. The molecule has 0 bridgehead atoms. The summed E-state index contributed by atoms with van der Waals surface area (Å²) in [6, 6.07) is -0.924. The van der Waals surface area contributed by atoms with E-state index in [-0.39, 0.29) is 18.8 Å². The Kier molecular flexibility index (Phi) is 7.88. The fraction of sp³-hybridized carbons (Fsp3) is 0.667. The van der Waals surface area contributed by atoms with E-state index < -0.39 is 18.0 Å².